The Kier molecular flexibility index (Phi) is 6.90. The molecule has 0 aliphatic heterocycles. The summed E-state index contributed by atoms with van der Waals surface area (Å²) >= 11 is 0. The van der Waals surface area contributed by atoms with Gasteiger partial charge < -0.3 is 0 Å². The molecule has 0 spiro atoms. The van der Waals surface area contributed by atoms with Crippen LogP contribution in [0.25, 0.3) is 11.8 Å². The summed E-state index contributed by atoms with van der Waals surface area (Å²) in [7, 11) is -2.21. The first-order valence-corrected chi connectivity index (χ1v) is 15.2. The van der Waals surface area contributed by atoms with E-state index in [1.165, 1.54) is 29.2 Å². The third-order valence-electron chi connectivity index (χ3n) is 8.69. The number of carbonyl (C=O) groups is 1. The third-order valence-corrected chi connectivity index (χ3v) is 10.9. The van der Waals surface area contributed by atoms with E-state index in [-0.39, 0.29) is 23.4 Å². The molecule has 43 heavy (non-hydrogen) atoms. The van der Waals surface area contributed by atoms with Crippen LogP contribution in [0.3, 0.4) is 0 Å². The Morgan fingerprint density at radius 3 is 2.53 bits per heavy atom. The Bertz CT molecular complexity index is 1860. The Morgan fingerprint density at radius 1 is 1.12 bits per heavy atom. The molecule has 13 heteroatoms. The minimum absolute atomic E-state index is 0.0651. The van der Waals surface area contributed by atoms with Crippen molar-refractivity contribution in [3.05, 3.63) is 95.1 Å². The number of alkyl halides is 3. The van der Waals surface area contributed by atoms with Gasteiger partial charge in [-0.3, -0.25) is 14.5 Å². The first-order chi connectivity index (χ1) is 20.3. The van der Waals surface area contributed by atoms with Crippen molar-refractivity contribution in [2.75, 3.05) is 0 Å². The second-order valence-electron chi connectivity index (χ2n) is 11.2. The summed E-state index contributed by atoms with van der Waals surface area (Å²) in [5.74, 6) is -1.48. The van der Waals surface area contributed by atoms with E-state index >= 15 is 0 Å². The minimum Gasteiger partial charge on any atom is -0.291 e. The Balaban J connectivity index is 1.44. The van der Waals surface area contributed by atoms with Crippen molar-refractivity contribution >= 4 is 21.7 Å². The molecule has 1 saturated carbocycles. The predicted molar refractivity (Wildman–Crippen MR) is 148 cm³/mol. The fourth-order valence-corrected chi connectivity index (χ4v) is 7.99. The first kappa shape index (κ1) is 29.0. The molecule has 2 aliphatic rings. The van der Waals surface area contributed by atoms with Gasteiger partial charge in [-0.25, -0.2) is 17.5 Å². The summed E-state index contributed by atoms with van der Waals surface area (Å²) < 4.78 is 84.5. The quantitative estimate of drug-likeness (QED) is 0.207. The number of nitrogens with zero attached hydrogens (tertiary/aromatic N) is 5. The van der Waals surface area contributed by atoms with Gasteiger partial charge in [0.25, 0.3) is 0 Å². The minimum atomic E-state index is -4.67. The SMILES string of the molecule is C[C@@H]([C@H]1CCC2=Cc3c(cnn3-c3ccc(F)cc3)C[C@]2(C(=O)c2cc(C(F)(F)F)ccn2)C1)S(=O)(=O)c1cnn(C)c1. The summed E-state index contributed by atoms with van der Waals surface area (Å²) in [4.78, 5) is 18.5. The molecular weight excluding hydrogens is 586 g/mol. The number of hydrogen-bond donors (Lipinski definition) is 0. The van der Waals surface area contributed by atoms with Gasteiger partial charge in [-0.05, 0) is 86.6 Å². The molecule has 1 aromatic carbocycles. The molecule has 0 radical (unpaired) electrons. The molecule has 4 aromatic rings. The van der Waals surface area contributed by atoms with Gasteiger partial charge in [-0.1, -0.05) is 5.57 Å². The van der Waals surface area contributed by atoms with Crippen molar-refractivity contribution in [1.82, 2.24) is 24.5 Å². The molecule has 6 rings (SSSR count). The summed E-state index contributed by atoms with van der Waals surface area (Å²) in [5, 5.41) is 7.57. The van der Waals surface area contributed by atoms with Crippen LogP contribution in [0.15, 0.2) is 71.7 Å². The lowest BCUT2D eigenvalue weighted by atomic mass is 9.58. The molecule has 3 heterocycles. The van der Waals surface area contributed by atoms with Crippen LogP contribution in [0.2, 0.25) is 0 Å². The van der Waals surface area contributed by atoms with E-state index in [1.54, 1.807) is 37.0 Å². The van der Waals surface area contributed by atoms with Crippen molar-refractivity contribution in [3.8, 4) is 5.69 Å². The lowest BCUT2D eigenvalue weighted by Crippen LogP contribution is -2.45. The number of aromatic nitrogens is 5. The van der Waals surface area contributed by atoms with Gasteiger partial charge in [0.2, 0.25) is 0 Å². The average molecular weight is 614 g/mol. The van der Waals surface area contributed by atoms with Crippen LogP contribution in [0.4, 0.5) is 17.6 Å². The van der Waals surface area contributed by atoms with E-state index in [0.717, 1.165) is 18.3 Å². The maximum atomic E-state index is 14.3. The predicted octanol–water partition coefficient (Wildman–Crippen LogP) is 5.63. The number of fused-ring (bicyclic) bond motifs is 2. The molecule has 8 nitrogen and oxygen atoms in total. The van der Waals surface area contributed by atoms with Gasteiger partial charge in [-0.2, -0.15) is 23.4 Å². The highest BCUT2D eigenvalue weighted by atomic mass is 32.2. The molecule has 3 aromatic heterocycles. The van der Waals surface area contributed by atoms with Gasteiger partial charge in [0, 0.05) is 19.4 Å². The summed E-state index contributed by atoms with van der Waals surface area (Å²) in [6.45, 7) is 1.60. The standard InChI is InChI=1S/C30H27F4N5O3S/c1-18(43(41,42)25-16-36-38(2)17-25)19-3-4-21-12-27-20(15-37-39(27)24-7-5-23(31)6-8-24)14-29(21,13-19)28(40)26-11-22(9-10-35-26)30(32,33)34/h5-12,15-19H,3-4,13-14H2,1-2H3/t18-,19-,29+/m0/s1. The van der Waals surface area contributed by atoms with Gasteiger partial charge in [-0.15, -0.1) is 0 Å². The monoisotopic (exact) mass is 613 g/mol. The maximum absolute atomic E-state index is 14.3. The molecule has 224 valence electrons. The summed E-state index contributed by atoms with van der Waals surface area (Å²) in [6.07, 6.45) is 3.37. The molecule has 0 N–H and O–H groups in total. The number of hydrogen-bond acceptors (Lipinski definition) is 6. The number of benzene rings is 1. The third kappa shape index (κ3) is 4.98. The van der Waals surface area contributed by atoms with Gasteiger partial charge in [0.1, 0.15) is 16.4 Å². The largest absolute Gasteiger partial charge is 0.416 e. The smallest absolute Gasteiger partial charge is 0.291 e. The average Bonchev–Trinajstić information content (AvgIpc) is 3.61. The van der Waals surface area contributed by atoms with Crippen molar-refractivity contribution < 1.29 is 30.8 Å². The number of ketones is 1. The van der Waals surface area contributed by atoms with Crippen molar-refractivity contribution in [3.63, 3.8) is 0 Å². The molecule has 1 fully saturated rings. The zero-order chi connectivity index (χ0) is 30.7. The van der Waals surface area contributed by atoms with Crippen LogP contribution in [0.1, 0.15) is 53.5 Å². The van der Waals surface area contributed by atoms with Crippen LogP contribution in [-0.2, 0) is 29.5 Å². The Labute approximate surface area is 245 Å². The highest BCUT2D eigenvalue weighted by molar-refractivity contribution is 7.92. The van der Waals surface area contributed by atoms with Gasteiger partial charge in [0.15, 0.2) is 15.6 Å². The van der Waals surface area contributed by atoms with E-state index in [2.05, 4.69) is 15.2 Å². The van der Waals surface area contributed by atoms with Gasteiger partial charge in [0.05, 0.1) is 40.0 Å². The van der Waals surface area contributed by atoms with Crippen LogP contribution in [-0.4, -0.2) is 44.0 Å². The number of halogens is 4. The van der Waals surface area contributed by atoms with Crippen LogP contribution in [0.5, 0.6) is 0 Å². The zero-order valence-corrected chi connectivity index (χ0v) is 24.0. The van der Waals surface area contributed by atoms with E-state index in [0.29, 0.717) is 35.4 Å². The zero-order valence-electron chi connectivity index (χ0n) is 23.2. The van der Waals surface area contributed by atoms with E-state index in [4.69, 9.17) is 0 Å². The van der Waals surface area contributed by atoms with E-state index in [9.17, 15) is 30.8 Å². The number of allylic oxidation sites excluding steroid dienone is 1. The number of Topliss-reactive ketones (excluding diaryl/α,β-unsaturated/α-hetero) is 1. The van der Waals surface area contributed by atoms with Crippen LogP contribution < -0.4 is 0 Å². The topological polar surface area (TPSA) is 99.7 Å². The molecule has 0 unspecified atom stereocenters. The highest BCUT2D eigenvalue weighted by Gasteiger charge is 2.52. The Morgan fingerprint density at radius 2 is 1.86 bits per heavy atom. The van der Waals surface area contributed by atoms with Crippen molar-refractivity contribution in [1.29, 1.82) is 0 Å². The second kappa shape index (κ2) is 10.2. The van der Waals surface area contributed by atoms with E-state index in [1.807, 2.05) is 6.08 Å². The number of sulfone groups is 1. The molecular formula is C30H27F4N5O3S. The number of aryl methyl sites for hydroxylation is 1. The molecule has 2 aliphatic carbocycles. The summed E-state index contributed by atoms with van der Waals surface area (Å²) in [6, 6.07) is 7.32. The van der Waals surface area contributed by atoms with E-state index < -0.39 is 49.8 Å². The number of rotatable bonds is 6. The van der Waals surface area contributed by atoms with Crippen molar-refractivity contribution in [2.24, 2.45) is 18.4 Å². The Hall–Kier alpha value is -4.13. The summed E-state index contributed by atoms with van der Waals surface area (Å²) in [5.41, 5.74) is -0.0408. The van der Waals surface area contributed by atoms with Crippen molar-refractivity contribution in [2.45, 2.75) is 48.9 Å². The molecule has 3 atom stereocenters. The van der Waals surface area contributed by atoms with Gasteiger partial charge >= 0.3 is 6.18 Å². The molecule has 0 amide bonds. The second-order valence-corrected chi connectivity index (χ2v) is 13.5. The van der Waals surface area contributed by atoms with Crippen LogP contribution in [0, 0.1) is 17.2 Å². The fraction of sp³-hybridized carbons (Fsp3) is 0.333. The maximum Gasteiger partial charge on any atom is 0.416 e. The number of pyridine rings is 1. The molecule has 0 bridgehead atoms. The fourth-order valence-electron chi connectivity index (χ4n) is 6.33. The first-order valence-electron chi connectivity index (χ1n) is 13.6. The normalized spacial score (nSPS) is 21.1. The van der Waals surface area contributed by atoms with Crippen LogP contribution >= 0.6 is 0 Å². The number of carbonyl (C=O) groups excluding carboxylic acids is 1. The lowest BCUT2D eigenvalue weighted by molar-refractivity contribution is -0.137. The lowest BCUT2D eigenvalue weighted by Gasteiger charge is -2.45. The molecule has 0 saturated heterocycles. The highest BCUT2D eigenvalue weighted by Crippen LogP contribution is 2.53.